The van der Waals surface area contributed by atoms with Crippen LogP contribution in [0, 0.1) is 20.8 Å². The molecule has 0 radical (unpaired) electrons. The molecule has 2 aliphatic rings. The number of pyridine rings is 1. The third-order valence-electron chi connectivity index (χ3n) is 8.23. The van der Waals surface area contributed by atoms with Gasteiger partial charge >= 0.3 is 0 Å². The van der Waals surface area contributed by atoms with E-state index in [-0.39, 0.29) is 11.6 Å². The van der Waals surface area contributed by atoms with Crippen LogP contribution in [-0.2, 0) is 0 Å². The minimum absolute atomic E-state index is 0.0651. The number of H-pyrrole nitrogens is 1. The first-order chi connectivity index (χ1) is 18.0. The second-order valence-electron chi connectivity index (χ2n) is 10.7. The third-order valence-corrected chi connectivity index (χ3v) is 8.23. The van der Waals surface area contributed by atoms with E-state index in [4.69, 9.17) is 0 Å². The number of rotatable bonds is 5. The Morgan fingerprint density at radius 2 is 1.73 bits per heavy atom. The topological polar surface area (TPSA) is 82.9 Å². The largest absolute Gasteiger partial charge is 0.369 e. The van der Waals surface area contributed by atoms with Gasteiger partial charge in [0.2, 0.25) is 0 Å². The minimum Gasteiger partial charge on any atom is -0.369 e. The summed E-state index contributed by atoms with van der Waals surface area (Å²) < 4.78 is 2.01. The number of nitrogens with one attached hydrogen (secondary N) is 1. The van der Waals surface area contributed by atoms with Gasteiger partial charge in [-0.05, 0) is 78.2 Å². The SMILES string of the molecule is Cc1ccc(C)c(N2CCN(C(c3cc4cccc(C)c4[nH]c3=O)c3nnnn3C3CCCC3)CC2)c1. The Morgan fingerprint density at radius 3 is 2.51 bits per heavy atom. The van der Waals surface area contributed by atoms with Gasteiger partial charge in [0.25, 0.3) is 5.56 Å². The molecule has 2 aromatic heterocycles. The maximum absolute atomic E-state index is 13.6. The molecule has 1 saturated carbocycles. The van der Waals surface area contributed by atoms with Gasteiger partial charge in [0.05, 0.1) is 11.6 Å². The molecule has 0 spiro atoms. The minimum atomic E-state index is -0.301. The Balaban J connectivity index is 1.39. The molecule has 1 atom stereocenters. The van der Waals surface area contributed by atoms with Crippen molar-refractivity contribution in [3.8, 4) is 0 Å². The van der Waals surface area contributed by atoms with E-state index in [1.54, 1.807) is 0 Å². The van der Waals surface area contributed by atoms with Crippen molar-refractivity contribution in [3.05, 3.63) is 80.9 Å². The fraction of sp³-hybridized carbons (Fsp3) is 0.448. The summed E-state index contributed by atoms with van der Waals surface area (Å²) in [5, 5.41) is 14.1. The summed E-state index contributed by atoms with van der Waals surface area (Å²) in [5.74, 6) is 0.782. The summed E-state index contributed by atoms with van der Waals surface area (Å²) in [7, 11) is 0. The lowest BCUT2D eigenvalue weighted by atomic mass is 10.0. The zero-order valence-corrected chi connectivity index (χ0v) is 21.9. The van der Waals surface area contributed by atoms with Crippen molar-refractivity contribution >= 4 is 16.6 Å². The van der Waals surface area contributed by atoms with Gasteiger partial charge in [0.1, 0.15) is 6.04 Å². The first kappa shape index (κ1) is 23.9. The zero-order chi connectivity index (χ0) is 25.5. The molecule has 2 fully saturated rings. The van der Waals surface area contributed by atoms with Crippen molar-refractivity contribution in [1.29, 1.82) is 0 Å². The van der Waals surface area contributed by atoms with Gasteiger partial charge in [0, 0.05) is 37.4 Å². The van der Waals surface area contributed by atoms with Crippen LogP contribution < -0.4 is 10.5 Å². The Kier molecular flexibility index (Phi) is 6.28. The maximum Gasteiger partial charge on any atom is 0.253 e. The summed E-state index contributed by atoms with van der Waals surface area (Å²) in [4.78, 5) is 21.6. The molecule has 1 N–H and O–H groups in total. The van der Waals surface area contributed by atoms with Crippen molar-refractivity contribution in [2.24, 2.45) is 0 Å². The van der Waals surface area contributed by atoms with E-state index in [0.29, 0.717) is 11.6 Å². The number of nitrogens with zero attached hydrogens (tertiary/aromatic N) is 6. The van der Waals surface area contributed by atoms with Crippen molar-refractivity contribution in [2.75, 3.05) is 31.1 Å². The van der Waals surface area contributed by atoms with E-state index in [1.165, 1.54) is 29.7 Å². The van der Waals surface area contributed by atoms with E-state index in [2.05, 4.69) is 74.5 Å². The number of aryl methyl sites for hydroxylation is 3. The summed E-state index contributed by atoms with van der Waals surface area (Å²) in [6.07, 6.45) is 4.55. The average Bonchev–Trinajstić information content (AvgIpc) is 3.60. The number of fused-ring (bicyclic) bond motifs is 1. The smallest absolute Gasteiger partial charge is 0.253 e. The molecule has 0 bridgehead atoms. The molecule has 4 aromatic rings. The highest BCUT2D eigenvalue weighted by Gasteiger charge is 2.35. The van der Waals surface area contributed by atoms with Crippen LogP contribution in [0.5, 0.6) is 0 Å². The van der Waals surface area contributed by atoms with E-state index >= 15 is 0 Å². The second-order valence-corrected chi connectivity index (χ2v) is 10.7. The molecule has 1 aliphatic heterocycles. The molecular formula is C29H35N7O. The van der Waals surface area contributed by atoms with E-state index in [1.807, 2.05) is 23.7 Å². The van der Waals surface area contributed by atoms with E-state index in [9.17, 15) is 4.79 Å². The van der Waals surface area contributed by atoms with E-state index in [0.717, 1.165) is 61.3 Å². The highest BCUT2D eigenvalue weighted by molar-refractivity contribution is 5.82. The fourth-order valence-corrected chi connectivity index (χ4v) is 6.17. The van der Waals surface area contributed by atoms with Crippen LogP contribution in [0.4, 0.5) is 5.69 Å². The highest BCUT2D eigenvalue weighted by Crippen LogP contribution is 2.35. The lowest BCUT2D eigenvalue weighted by molar-refractivity contribution is 0.196. The molecule has 8 nitrogen and oxygen atoms in total. The molecule has 1 aliphatic carbocycles. The Bertz CT molecular complexity index is 1480. The zero-order valence-electron chi connectivity index (χ0n) is 21.9. The number of aromatic nitrogens is 5. The molecule has 6 rings (SSSR count). The van der Waals surface area contributed by atoms with Gasteiger partial charge in [-0.15, -0.1) is 5.10 Å². The highest BCUT2D eigenvalue weighted by atomic mass is 16.1. The fourth-order valence-electron chi connectivity index (χ4n) is 6.17. The van der Waals surface area contributed by atoms with Crippen molar-refractivity contribution in [2.45, 2.75) is 58.5 Å². The summed E-state index contributed by atoms with van der Waals surface area (Å²) in [5.41, 5.74) is 6.47. The van der Waals surface area contributed by atoms with Crippen LogP contribution in [-0.4, -0.2) is 56.3 Å². The number of piperazine rings is 1. The van der Waals surface area contributed by atoms with Crippen molar-refractivity contribution in [3.63, 3.8) is 0 Å². The molecule has 192 valence electrons. The number of hydrogen-bond donors (Lipinski definition) is 1. The number of tetrazole rings is 1. The molecule has 1 saturated heterocycles. The normalized spacial score (nSPS) is 18.1. The molecular weight excluding hydrogens is 462 g/mol. The van der Waals surface area contributed by atoms with Crippen LogP contribution >= 0.6 is 0 Å². The first-order valence-electron chi connectivity index (χ1n) is 13.5. The molecule has 8 heteroatoms. The molecule has 3 heterocycles. The Hall–Kier alpha value is -3.52. The Morgan fingerprint density at radius 1 is 0.946 bits per heavy atom. The van der Waals surface area contributed by atoms with Crippen LogP contribution in [0.15, 0.2) is 47.3 Å². The summed E-state index contributed by atoms with van der Waals surface area (Å²) in [6, 6.07) is 14.8. The monoisotopic (exact) mass is 497 g/mol. The maximum atomic E-state index is 13.6. The number of hydrogen-bond acceptors (Lipinski definition) is 6. The van der Waals surface area contributed by atoms with Crippen LogP contribution in [0.2, 0.25) is 0 Å². The van der Waals surface area contributed by atoms with E-state index < -0.39 is 0 Å². The number of para-hydroxylation sites is 1. The predicted molar refractivity (Wildman–Crippen MR) is 146 cm³/mol. The summed E-state index contributed by atoms with van der Waals surface area (Å²) >= 11 is 0. The number of aromatic amines is 1. The third kappa shape index (κ3) is 4.44. The first-order valence-corrected chi connectivity index (χ1v) is 13.5. The molecule has 1 unspecified atom stereocenters. The quantitative estimate of drug-likeness (QED) is 0.438. The van der Waals surface area contributed by atoms with Crippen LogP contribution in [0.3, 0.4) is 0 Å². The van der Waals surface area contributed by atoms with Gasteiger partial charge in [-0.2, -0.15) is 0 Å². The van der Waals surface area contributed by atoms with Gasteiger partial charge in [0.15, 0.2) is 5.82 Å². The van der Waals surface area contributed by atoms with Gasteiger partial charge in [-0.3, -0.25) is 9.69 Å². The van der Waals surface area contributed by atoms with Crippen LogP contribution in [0.1, 0.15) is 65.8 Å². The predicted octanol–water partition coefficient (Wildman–Crippen LogP) is 4.47. The molecule has 37 heavy (non-hydrogen) atoms. The van der Waals surface area contributed by atoms with Gasteiger partial charge in [-0.25, -0.2) is 4.68 Å². The average molecular weight is 498 g/mol. The summed E-state index contributed by atoms with van der Waals surface area (Å²) in [6.45, 7) is 9.76. The Labute approximate surface area is 217 Å². The molecule has 2 aromatic carbocycles. The number of anilines is 1. The van der Waals surface area contributed by atoms with Gasteiger partial charge in [-0.1, -0.05) is 43.2 Å². The second kappa shape index (κ2) is 9.74. The number of benzene rings is 2. The standard InChI is InChI=1S/C29H35N7O/c1-19-11-12-20(2)25(17-19)34-13-15-35(16-14-34)27(28-31-32-33-36(28)23-9-4-5-10-23)24-18-22-8-6-7-21(3)26(22)30-29(24)37/h6-8,11-12,17-18,23,27H,4-5,9-10,13-16H2,1-3H3,(H,30,37). The van der Waals surface area contributed by atoms with Crippen molar-refractivity contribution < 1.29 is 0 Å². The lowest BCUT2D eigenvalue weighted by Crippen LogP contribution is -2.49. The van der Waals surface area contributed by atoms with Gasteiger partial charge < -0.3 is 9.88 Å². The van der Waals surface area contributed by atoms with Crippen molar-refractivity contribution in [1.82, 2.24) is 30.1 Å². The van der Waals surface area contributed by atoms with Crippen LogP contribution in [0.25, 0.3) is 10.9 Å². The molecule has 0 amide bonds. The lowest BCUT2D eigenvalue weighted by Gasteiger charge is -2.40.